The molecule has 0 aromatic heterocycles. The summed E-state index contributed by atoms with van der Waals surface area (Å²) >= 11 is 2.20. The van der Waals surface area contributed by atoms with Crippen LogP contribution in [0.2, 0.25) is 0 Å². The van der Waals surface area contributed by atoms with Gasteiger partial charge in [-0.05, 0) is 82.2 Å². The Balaban J connectivity index is 1.51. The number of nitrogens with zero attached hydrogens (tertiary/aromatic N) is 1. The molecule has 130 valence electrons. The van der Waals surface area contributed by atoms with Crippen LogP contribution in [0.5, 0.6) is 5.75 Å². The van der Waals surface area contributed by atoms with Gasteiger partial charge in [0.25, 0.3) is 5.91 Å². The van der Waals surface area contributed by atoms with Crippen LogP contribution in [0.15, 0.2) is 84.0 Å². The van der Waals surface area contributed by atoms with Gasteiger partial charge < -0.3 is 4.74 Å². The summed E-state index contributed by atoms with van der Waals surface area (Å²) in [5.41, 5.74) is 5.10. The topological polar surface area (TPSA) is 50.7 Å². The van der Waals surface area contributed by atoms with E-state index in [-0.39, 0.29) is 5.91 Å². The third-order valence-corrected chi connectivity index (χ3v) is 4.33. The Bertz CT molecular complexity index is 876. The van der Waals surface area contributed by atoms with Crippen molar-refractivity contribution in [2.75, 3.05) is 0 Å². The van der Waals surface area contributed by atoms with Gasteiger partial charge in [0.1, 0.15) is 12.4 Å². The average molecular weight is 456 g/mol. The molecule has 0 aliphatic rings. The number of benzene rings is 3. The van der Waals surface area contributed by atoms with E-state index in [0.717, 1.165) is 20.4 Å². The second-order valence-corrected chi connectivity index (χ2v) is 6.79. The SMILES string of the molecule is O=C(N/N=C\c1ccc(OCc2ccccc2)cc1)c1ccc(I)cc1. The number of rotatable bonds is 6. The lowest BCUT2D eigenvalue weighted by Crippen LogP contribution is -2.17. The summed E-state index contributed by atoms with van der Waals surface area (Å²) in [5, 5.41) is 4.00. The van der Waals surface area contributed by atoms with Crippen molar-refractivity contribution in [2.24, 2.45) is 5.10 Å². The van der Waals surface area contributed by atoms with Crippen molar-refractivity contribution in [3.05, 3.63) is 99.1 Å². The number of carbonyl (C=O) groups excluding carboxylic acids is 1. The standard InChI is InChI=1S/C21H17IN2O2/c22-19-10-8-18(9-11-19)21(25)24-23-14-16-6-12-20(13-7-16)26-15-17-4-2-1-3-5-17/h1-14H,15H2,(H,24,25)/b23-14-. The van der Waals surface area contributed by atoms with Gasteiger partial charge in [0, 0.05) is 9.13 Å². The predicted molar refractivity (Wildman–Crippen MR) is 111 cm³/mol. The first-order chi connectivity index (χ1) is 12.7. The van der Waals surface area contributed by atoms with Gasteiger partial charge in [-0.15, -0.1) is 0 Å². The van der Waals surface area contributed by atoms with Crippen LogP contribution in [0.25, 0.3) is 0 Å². The number of carbonyl (C=O) groups is 1. The van der Waals surface area contributed by atoms with Gasteiger partial charge in [-0.25, -0.2) is 5.43 Å². The van der Waals surface area contributed by atoms with Crippen molar-refractivity contribution >= 4 is 34.7 Å². The zero-order chi connectivity index (χ0) is 18.2. The van der Waals surface area contributed by atoms with Crippen LogP contribution in [0, 0.1) is 3.57 Å². The predicted octanol–water partition coefficient (Wildman–Crippen LogP) is 4.63. The van der Waals surface area contributed by atoms with Gasteiger partial charge in [-0.3, -0.25) is 4.79 Å². The summed E-state index contributed by atoms with van der Waals surface area (Å²) in [6.07, 6.45) is 1.60. The van der Waals surface area contributed by atoms with Crippen LogP contribution in [0.3, 0.4) is 0 Å². The van der Waals surface area contributed by atoms with Crippen molar-refractivity contribution < 1.29 is 9.53 Å². The second-order valence-electron chi connectivity index (χ2n) is 5.55. The Hall–Kier alpha value is -2.67. The van der Waals surface area contributed by atoms with Crippen LogP contribution in [0.1, 0.15) is 21.5 Å². The monoisotopic (exact) mass is 456 g/mol. The number of hydrogen-bond acceptors (Lipinski definition) is 3. The van der Waals surface area contributed by atoms with E-state index < -0.39 is 0 Å². The molecule has 0 fully saturated rings. The van der Waals surface area contributed by atoms with Gasteiger partial charge >= 0.3 is 0 Å². The third kappa shape index (κ3) is 5.42. The fraction of sp³-hybridized carbons (Fsp3) is 0.0476. The van der Waals surface area contributed by atoms with E-state index in [1.54, 1.807) is 18.3 Å². The number of ether oxygens (including phenoxy) is 1. The van der Waals surface area contributed by atoms with Crippen molar-refractivity contribution in [2.45, 2.75) is 6.61 Å². The number of hydrogen-bond donors (Lipinski definition) is 1. The maximum atomic E-state index is 12.0. The number of nitrogens with one attached hydrogen (secondary N) is 1. The van der Waals surface area contributed by atoms with Crippen LogP contribution < -0.4 is 10.2 Å². The lowest BCUT2D eigenvalue weighted by atomic mass is 10.2. The maximum absolute atomic E-state index is 12.0. The molecule has 0 saturated carbocycles. The molecule has 5 heteroatoms. The molecule has 0 unspecified atom stereocenters. The van der Waals surface area contributed by atoms with Crippen molar-refractivity contribution in [3.63, 3.8) is 0 Å². The van der Waals surface area contributed by atoms with E-state index in [9.17, 15) is 4.79 Å². The Kier molecular flexibility index (Phi) is 6.38. The molecule has 0 bridgehead atoms. The van der Waals surface area contributed by atoms with Crippen LogP contribution >= 0.6 is 22.6 Å². The van der Waals surface area contributed by atoms with E-state index in [1.165, 1.54) is 0 Å². The van der Waals surface area contributed by atoms with E-state index >= 15 is 0 Å². The molecular weight excluding hydrogens is 439 g/mol. The van der Waals surface area contributed by atoms with Crippen molar-refractivity contribution in [1.82, 2.24) is 5.43 Å². The first-order valence-corrected chi connectivity index (χ1v) is 9.14. The quantitative estimate of drug-likeness (QED) is 0.334. The summed E-state index contributed by atoms with van der Waals surface area (Å²) in [5.74, 6) is 0.550. The van der Waals surface area contributed by atoms with E-state index in [2.05, 4.69) is 33.1 Å². The smallest absolute Gasteiger partial charge is 0.271 e. The second kappa shape index (κ2) is 9.15. The minimum Gasteiger partial charge on any atom is -0.489 e. The molecule has 4 nitrogen and oxygen atoms in total. The molecule has 3 aromatic carbocycles. The number of hydrazone groups is 1. The fourth-order valence-electron chi connectivity index (χ4n) is 2.22. The Morgan fingerprint density at radius 1 is 0.962 bits per heavy atom. The van der Waals surface area contributed by atoms with Crippen LogP contribution in [-0.4, -0.2) is 12.1 Å². The average Bonchev–Trinajstić information content (AvgIpc) is 2.68. The third-order valence-electron chi connectivity index (χ3n) is 3.61. The molecule has 1 amide bonds. The van der Waals surface area contributed by atoms with E-state index in [4.69, 9.17) is 4.74 Å². The van der Waals surface area contributed by atoms with E-state index in [1.807, 2.05) is 66.7 Å². The summed E-state index contributed by atoms with van der Waals surface area (Å²) in [6, 6.07) is 24.9. The van der Waals surface area contributed by atoms with Gasteiger partial charge in [0.2, 0.25) is 0 Å². The van der Waals surface area contributed by atoms with Gasteiger partial charge in [0.15, 0.2) is 0 Å². The van der Waals surface area contributed by atoms with Gasteiger partial charge in [0.05, 0.1) is 6.21 Å². The Morgan fingerprint density at radius 3 is 2.35 bits per heavy atom. The highest BCUT2D eigenvalue weighted by molar-refractivity contribution is 14.1. The molecule has 0 heterocycles. The molecule has 26 heavy (non-hydrogen) atoms. The molecule has 3 rings (SSSR count). The maximum Gasteiger partial charge on any atom is 0.271 e. The first-order valence-electron chi connectivity index (χ1n) is 8.06. The molecule has 0 saturated heterocycles. The summed E-state index contributed by atoms with van der Waals surface area (Å²) in [4.78, 5) is 12.0. The van der Waals surface area contributed by atoms with Crippen molar-refractivity contribution in [1.29, 1.82) is 0 Å². The molecule has 0 aliphatic heterocycles. The molecule has 0 spiro atoms. The summed E-state index contributed by atoms with van der Waals surface area (Å²) < 4.78 is 6.82. The summed E-state index contributed by atoms with van der Waals surface area (Å²) in [6.45, 7) is 0.528. The van der Waals surface area contributed by atoms with Gasteiger partial charge in [-0.2, -0.15) is 5.10 Å². The molecule has 0 aliphatic carbocycles. The minimum atomic E-state index is -0.236. The minimum absolute atomic E-state index is 0.236. The fourth-order valence-corrected chi connectivity index (χ4v) is 2.58. The van der Waals surface area contributed by atoms with E-state index in [0.29, 0.717) is 12.2 Å². The Labute approximate surface area is 166 Å². The lowest BCUT2D eigenvalue weighted by Gasteiger charge is -2.06. The summed E-state index contributed by atoms with van der Waals surface area (Å²) in [7, 11) is 0. The first kappa shape index (κ1) is 18.1. The molecule has 0 atom stereocenters. The molecule has 0 radical (unpaired) electrons. The van der Waals surface area contributed by atoms with Crippen molar-refractivity contribution in [3.8, 4) is 5.75 Å². The Morgan fingerprint density at radius 2 is 1.65 bits per heavy atom. The largest absolute Gasteiger partial charge is 0.489 e. The highest BCUT2D eigenvalue weighted by Crippen LogP contribution is 2.13. The molecule has 1 N–H and O–H groups in total. The molecular formula is C21H17IN2O2. The molecule has 3 aromatic rings. The number of halogens is 1. The lowest BCUT2D eigenvalue weighted by molar-refractivity contribution is 0.0955. The van der Waals surface area contributed by atoms with Gasteiger partial charge in [-0.1, -0.05) is 30.3 Å². The zero-order valence-corrected chi connectivity index (χ0v) is 16.1. The normalized spacial score (nSPS) is 10.7. The van der Waals surface area contributed by atoms with Crippen LogP contribution in [-0.2, 0) is 6.61 Å². The zero-order valence-electron chi connectivity index (χ0n) is 13.9. The highest BCUT2D eigenvalue weighted by Gasteiger charge is 2.03. The number of amides is 1. The highest BCUT2D eigenvalue weighted by atomic mass is 127. The van der Waals surface area contributed by atoms with Crippen LogP contribution in [0.4, 0.5) is 0 Å².